The Kier molecular flexibility index (Phi) is 5.06. The first-order valence-corrected chi connectivity index (χ1v) is 7.10. The highest BCUT2D eigenvalue weighted by Crippen LogP contribution is 2.15. The molecule has 0 radical (unpaired) electrons. The standard InChI is InChI=1S/C11H20N4O2S/c1-14(2)7-4-8-15(3)18(16,17)10-5-6-13-11(12)9-10/h5-6,9H,4,7-8H2,1-3H3,(H2,12,13). The molecule has 0 spiro atoms. The fraction of sp³-hybridized carbons (Fsp3) is 0.545. The molecule has 0 fully saturated rings. The topological polar surface area (TPSA) is 79.5 Å². The van der Waals surface area contributed by atoms with Crippen LogP contribution in [0.3, 0.4) is 0 Å². The van der Waals surface area contributed by atoms with Crippen LogP contribution in [0.25, 0.3) is 0 Å². The molecule has 0 atom stereocenters. The SMILES string of the molecule is CN(C)CCCN(C)S(=O)(=O)c1ccnc(N)c1. The smallest absolute Gasteiger partial charge is 0.243 e. The van der Waals surface area contributed by atoms with E-state index < -0.39 is 10.0 Å². The molecule has 0 aliphatic carbocycles. The van der Waals surface area contributed by atoms with E-state index in [0.29, 0.717) is 6.54 Å². The Bertz CT molecular complexity index is 488. The van der Waals surface area contributed by atoms with E-state index in [1.54, 1.807) is 7.05 Å². The maximum Gasteiger partial charge on any atom is 0.243 e. The predicted octanol–water partition coefficient (Wildman–Crippen LogP) is 0.236. The van der Waals surface area contributed by atoms with Gasteiger partial charge in [-0.05, 0) is 33.1 Å². The van der Waals surface area contributed by atoms with Crippen LogP contribution < -0.4 is 5.73 Å². The van der Waals surface area contributed by atoms with Gasteiger partial charge in [0.25, 0.3) is 0 Å². The minimum Gasteiger partial charge on any atom is -0.384 e. The molecule has 6 nitrogen and oxygen atoms in total. The molecular formula is C11H20N4O2S. The number of rotatable bonds is 6. The molecule has 0 aliphatic heterocycles. The first-order valence-electron chi connectivity index (χ1n) is 5.66. The number of nitrogens with two attached hydrogens (primary N) is 1. The van der Waals surface area contributed by atoms with Gasteiger partial charge in [-0.3, -0.25) is 0 Å². The molecule has 1 rings (SSSR count). The summed E-state index contributed by atoms with van der Waals surface area (Å²) in [5, 5.41) is 0. The molecule has 0 saturated carbocycles. The van der Waals surface area contributed by atoms with Crippen molar-refractivity contribution in [3.05, 3.63) is 18.3 Å². The molecule has 2 N–H and O–H groups in total. The molecule has 0 amide bonds. The Morgan fingerprint density at radius 1 is 1.28 bits per heavy atom. The number of pyridine rings is 1. The Hall–Kier alpha value is -1.18. The van der Waals surface area contributed by atoms with Gasteiger partial charge < -0.3 is 10.6 Å². The zero-order chi connectivity index (χ0) is 13.8. The summed E-state index contributed by atoms with van der Waals surface area (Å²) in [4.78, 5) is 5.99. The third-order valence-corrected chi connectivity index (χ3v) is 4.39. The van der Waals surface area contributed by atoms with Crippen molar-refractivity contribution in [1.82, 2.24) is 14.2 Å². The summed E-state index contributed by atoms with van der Waals surface area (Å²) in [6.07, 6.45) is 2.18. The summed E-state index contributed by atoms with van der Waals surface area (Å²) in [6, 6.07) is 2.83. The van der Waals surface area contributed by atoms with Crippen molar-refractivity contribution in [2.24, 2.45) is 0 Å². The van der Waals surface area contributed by atoms with Crippen LogP contribution in [0.5, 0.6) is 0 Å². The summed E-state index contributed by atoms with van der Waals surface area (Å²) in [5.41, 5.74) is 5.49. The maximum atomic E-state index is 12.2. The number of anilines is 1. The number of hydrogen-bond donors (Lipinski definition) is 1. The number of aromatic nitrogens is 1. The summed E-state index contributed by atoms with van der Waals surface area (Å²) < 4.78 is 25.7. The minimum absolute atomic E-state index is 0.183. The van der Waals surface area contributed by atoms with Gasteiger partial charge in [0.15, 0.2) is 0 Å². The van der Waals surface area contributed by atoms with Crippen LogP contribution in [0.1, 0.15) is 6.42 Å². The summed E-state index contributed by atoms with van der Waals surface area (Å²) >= 11 is 0. The van der Waals surface area contributed by atoms with E-state index in [9.17, 15) is 8.42 Å². The maximum absolute atomic E-state index is 12.2. The van der Waals surface area contributed by atoms with Gasteiger partial charge in [0, 0.05) is 25.9 Å². The molecule has 0 aromatic carbocycles. The van der Waals surface area contributed by atoms with Gasteiger partial charge in [0.1, 0.15) is 5.82 Å². The molecule has 7 heteroatoms. The van der Waals surface area contributed by atoms with Gasteiger partial charge in [0.05, 0.1) is 4.90 Å². The minimum atomic E-state index is -3.46. The lowest BCUT2D eigenvalue weighted by Crippen LogP contribution is -2.30. The molecule has 0 unspecified atom stereocenters. The van der Waals surface area contributed by atoms with Crippen molar-refractivity contribution in [2.45, 2.75) is 11.3 Å². The Balaban J connectivity index is 2.74. The van der Waals surface area contributed by atoms with Gasteiger partial charge in [-0.2, -0.15) is 0 Å². The van der Waals surface area contributed by atoms with Gasteiger partial charge >= 0.3 is 0 Å². The van der Waals surface area contributed by atoms with Crippen molar-refractivity contribution in [1.29, 1.82) is 0 Å². The zero-order valence-corrected chi connectivity index (χ0v) is 11.8. The summed E-state index contributed by atoms with van der Waals surface area (Å²) in [6.45, 7) is 1.32. The molecule has 18 heavy (non-hydrogen) atoms. The normalized spacial score (nSPS) is 12.3. The van der Waals surface area contributed by atoms with Crippen LogP contribution in [0.4, 0.5) is 5.82 Å². The molecule has 0 bridgehead atoms. The van der Waals surface area contributed by atoms with Crippen LogP contribution in [0, 0.1) is 0 Å². The Morgan fingerprint density at radius 2 is 1.94 bits per heavy atom. The molecule has 0 aliphatic rings. The fourth-order valence-corrected chi connectivity index (χ4v) is 2.73. The largest absolute Gasteiger partial charge is 0.384 e. The van der Waals surface area contributed by atoms with E-state index in [2.05, 4.69) is 4.98 Å². The van der Waals surface area contributed by atoms with Gasteiger partial charge in [-0.1, -0.05) is 0 Å². The van der Waals surface area contributed by atoms with Gasteiger partial charge in [-0.25, -0.2) is 17.7 Å². The van der Waals surface area contributed by atoms with Crippen LogP contribution >= 0.6 is 0 Å². The third kappa shape index (κ3) is 3.94. The number of nitrogen functional groups attached to an aromatic ring is 1. The average molecular weight is 272 g/mol. The quantitative estimate of drug-likeness (QED) is 0.802. The second kappa shape index (κ2) is 6.12. The summed E-state index contributed by atoms with van der Waals surface area (Å²) in [7, 11) is 2.02. The van der Waals surface area contributed by atoms with E-state index in [0.717, 1.165) is 13.0 Å². The third-order valence-electron chi connectivity index (χ3n) is 2.54. The number of hydrogen-bond acceptors (Lipinski definition) is 5. The monoisotopic (exact) mass is 272 g/mol. The Labute approximate surface area is 108 Å². The van der Waals surface area contributed by atoms with E-state index in [1.807, 2.05) is 19.0 Å². The van der Waals surface area contributed by atoms with Crippen LogP contribution in [-0.2, 0) is 10.0 Å². The second-order valence-electron chi connectivity index (χ2n) is 4.40. The van der Waals surface area contributed by atoms with Crippen molar-refractivity contribution in [3.63, 3.8) is 0 Å². The highest BCUT2D eigenvalue weighted by atomic mass is 32.2. The Morgan fingerprint density at radius 3 is 2.50 bits per heavy atom. The molecule has 1 heterocycles. The number of nitrogens with zero attached hydrogens (tertiary/aromatic N) is 3. The molecule has 102 valence electrons. The lowest BCUT2D eigenvalue weighted by molar-refractivity contribution is 0.370. The molecule has 1 aromatic rings. The summed E-state index contributed by atoms with van der Waals surface area (Å²) in [5.74, 6) is 0.206. The average Bonchev–Trinajstić information content (AvgIpc) is 2.28. The van der Waals surface area contributed by atoms with E-state index >= 15 is 0 Å². The van der Waals surface area contributed by atoms with Crippen molar-refractivity contribution < 1.29 is 8.42 Å². The predicted molar refractivity (Wildman–Crippen MR) is 71.6 cm³/mol. The van der Waals surface area contributed by atoms with Gasteiger partial charge in [0.2, 0.25) is 10.0 Å². The lowest BCUT2D eigenvalue weighted by Gasteiger charge is -2.18. The first-order chi connectivity index (χ1) is 8.34. The van der Waals surface area contributed by atoms with Gasteiger partial charge in [-0.15, -0.1) is 0 Å². The van der Waals surface area contributed by atoms with E-state index in [1.165, 1.54) is 22.6 Å². The van der Waals surface area contributed by atoms with E-state index in [-0.39, 0.29) is 10.7 Å². The number of sulfonamides is 1. The highest BCUT2D eigenvalue weighted by molar-refractivity contribution is 7.89. The lowest BCUT2D eigenvalue weighted by atomic mass is 10.4. The zero-order valence-electron chi connectivity index (χ0n) is 11.0. The molecule has 0 saturated heterocycles. The second-order valence-corrected chi connectivity index (χ2v) is 6.44. The van der Waals surface area contributed by atoms with Crippen LogP contribution in [0.2, 0.25) is 0 Å². The van der Waals surface area contributed by atoms with Crippen molar-refractivity contribution in [3.8, 4) is 0 Å². The fourth-order valence-electron chi connectivity index (χ4n) is 1.50. The first kappa shape index (κ1) is 14.9. The van der Waals surface area contributed by atoms with E-state index in [4.69, 9.17) is 5.73 Å². The van der Waals surface area contributed by atoms with Crippen molar-refractivity contribution in [2.75, 3.05) is 40.0 Å². The molecular weight excluding hydrogens is 252 g/mol. The van der Waals surface area contributed by atoms with Crippen molar-refractivity contribution >= 4 is 15.8 Å². The van der Waals surface area contributed by atoms with Crippen LogP contribution in [-0.4, -0.2) is 56.8 Å². The molecule has 1 aromatic heterocycles. The highest BCUT2D eigenvalue weighted by Gasteiger charge is 2.20. The van der Waals surface area contributed by atoms with Crippen LogP contribution in [0.15, 0.2) is 23.2 Å².